The summed E-state index contributed by atoms with van der Waals surface area (Å²) in [5.41, 5.74) is 2.22. The number of carbonyl (C=O) groups is 3. The van der Waals surface area contributed by atoms with E-state index in [1.165, 1.54) is 4.90 Å². The van der Waals surface area contributed by atoms with Crippen LogP contribution in [0.4, 0.5) is 10.5 Å². The molecule has 0 bridgehead atoms. The molecule has 0 saturated carbocycles. The Bertz CT molecular complexity index is 740. The van der Waals surface area contributed by atoms with Crippen LogP contribution >= 0.6 is 11.3 Å². The number of urea groups is 1. The number of nitrogens with one attached hydrogen (secondary N) is 1. The molecule has 1 saturated heterocycles. The van der Waals surface area contributed by atoms with Crippen molar-refractivity contribution in [1.82, 2.24) is 10.2 Å². The Labute approximate surface area is 137 Å². The molecule has 0 spiro atoms. The van der Waals surface area contributed by atoms with E-state index in [9.17, 15) is 14.4 Å². The molecule has 0 radical (unpaired) electrons. The van der Waals surface area contributed by atoms with E-state index < -0.39 is 6.03 Å². The van der Waals surface area contributed by atoms with E-state index in [1.54, 1.807) is 47.5 Å². The highest BCUT2D eigenvalue weighted by atomic mass is 32.1. The van der Waals surface area contributed by atoms with E-state index in [1.807, 2.05) is 16.8 Å². The summed E-state index contributed by atoms with van der Waals surface area (Å²) in [6.07, 6.45) is 0. The maximum Gasteiger partial charge on any atom is 0.329 e. The largest absolute Gasteiger partial charge is 0.337 e. The van der Waals surface area contributed by atoms with E-state index in [4.69, 9.17) is 0 Å². The number of rotatable bonds is 4. The van der Waals surface area contributed by atoms with Crippen LogP contribution < -0.4 is 10.2 Å². The van der Waals surface area contributed by atoms with E-state index in [0.29, 0.717) is 17.8 Å². The highest BCUT2D eigenvalue weighted by Gasteiger charge is 2.27. The third kappa shape index (κ3) is 3.24. The molecule has 1 N–H and O–H groups in total. The lowest BCUT2D eigenvalue weighted by Gasteiger charge is -2.18. The zero-order valence-corrected chi connectivity index (χ0v) is 13.3. The SMILES string of the molecule is CN(Cc1ccsc1)C(=O)c1ccc(N2CC(=O)NC2=O)cc1. The van der Waals surface area contributed by atoms with Crippen molar-refractivity contribution in [3.05, 3.63) is 52.2 Å². The first-order valence-electron chi connectivity index (χ1n) is 7.02. The Hall–Kier alpha value is -2.67. The lowest BCUT2D eigenvalue weighted by Crippen LogP contribution is -2.28. The monoisotopic (exact) mass is 329 g/mol. The second-order valence-corrected chi connectivity index (χ2v) is 6.06. The van der Waals surface area contributed by atoms with Gasteiger partial charge in [-0.25, -0.2) is 4.79 Å². The van der Waals surface area contributed by atoms with Crippen molar-refractivity contribution < 1.29 is 14.4 Å². The average Bonchev–Trinajstić information content (AvgIpc) is 3.16. The summed E-state index contributed by atoms with van der Waals surface area (Å²) in [5, 5.41) is 6.21. The van der Waals surface area contributed by atoms with Crippen molar-refractivity contribution in [3.8, 4) is 0 Å². The number of thiophene rings is 1. The normalized spacial score (nSPS) is 14.0. The fourth-order valence-electron chi connectivity index (χ4n) is 2.38. The number of anilines is 1. The van der Waals surface area contributed by atoms with Crippen molar-refractivity contribution in [3.63, 3.8) is 0 Å². The molecule has 118 valence electrons. The molecule has 0 aliphatic carbocycles. The van der Waals surface area contributed by atoms with E-state index in [2.05, 4.69) is 5.32 Å². The molecule has 2 heterocycles. The fourth-order valence-corrected chi connectivity index (χ4v) is 3.04. The van der Waals surface area contributed by atoms with Gasteiger partial charge in [-0.15, -0.1) is 0 Å². The summed E-state index contributed by atoms with van der Waals surface area (Å²) in [5.74, 6) is -0.421. The topological polar surface area (TPSA) is 69.7 Å². The van der Waals surface area contributed by atoms with Gasteiger partial charge in [0.05, 0.1) is 0 Å². The second-order valence-electron chi connectivity index (χ2n) is 5.28. The van der Waals surface area contributed by atoms with Crippen molar-refractivity contribution in [1.29, 1.82) is 0 Å². The standard InChI is InChI=1S/C16H15N3O3S/c1-18(8-11-6-7-23-10-11)15(21)12-2-4-13(5-3-12)19-9-14(20)17-16(19)22/h2-7,10H,8-9H2,1H3,(H,17,20,22). The minimum absolute atomic E-state index is 0.00415. The highest BCUT2D eigenvalue weighted by molar-refractivity contribution is 7.07. The molecule has 1 aromatic heterocycles. The van der Waals surface area contributed by atoms with Crippen LogP contribution in [0.3, 0.4) is 0 Å². The lowest BCUT2D eigenvalue weighted by atomic mass is 10.1. The zero-order chi connectivity index (χ0) is 16.4. The molecule has 2 aromatic rings. The number of carbonyl (C=O) groups excluding carboxylic acids is 3. The molecule has 1 fully saturated rings. The summed E-state index contributed by atoms with van der Waals surface area (Å²) in [6, 6.07) is 8.22. The second kappa shape index (κ2) is 6.21. The van der Waals surface area contributed by atoms with Crippen LogP contribution in [0.5, 0.6) is 0 Å². The quantitative estimate of drug-likeness (QED) is 0.873. The van der Waals surface area contributed by atoms with Gasteiger partial charge in [0.15, 0.2) is 0 Å². The number of imide groups is 1. The lowest BCUT2D eigenvalue weighted by molar-refractivity contribution is -0.117. The number of nitrogens with zero attached hydrogens (tertiary/aromatic N) is 2. The van der Waals surface area contributed by atoms with Gasteiger partial charge in [0.2, 0.25) is 5.91 Å². The molecule has 7 heteroatoms. The molecule has 3 rings (SSSR count). The minimum atomic E-state index is -0.441. The number of benzene rings is 1. The first-order chi connectivity index (χ1) is 11.0. The number of amides is 4. The van der Waals surface area contributed by atoms with Crippen LogP contribution in [0.2, 0.25) is 0 Å². The van der Waals surface area contributed by atoms with Crippen LogP contribution in [-0.4, -0.2) is 36.3 Å². The van der Waals surface area contributed by atoms with Gasteiger partial charge in [0.25, 0.3) is 5.91 Å². The summed E-state index contributed by atoms with van der Waals surface area (Å²) < 4.78 is 0. The van der Waals surface area contributed by atoms with Gasteiger partial charge in [0.1, 0.15) is 6.54 Å². The number of hydrogen-bond acceptors (Lipinski definition) is 4. The van der Waals surface area contributed by atoms with Gasteiger partial charge in [0, 0.05) is 24.8 Å². The Balaban J connectivity index is 1.70. The Morgan fingerprint density at radius 1 is 1.26 bits per heavy atom. The molecule has 23 heavy (non-hydrogen) atoms. The first-order valence-corrected chi connectivity index (χ1v) is 7.97. The van der Waals surface area contributed by atoms with Gasteiger partial charge in [-0.05, 0) is 46.7 Å². The molecular formula is C16H15N3O3S. The Morgan fingerprint density at radius 2 is 2.00 bits per heavy atom. The third-order valence-corrected chi connectivity index (χ3v) is 4.30. The Kier molecular flexibility index (Phi) is 4.12. The molecule has 4 amide bonds. The van der Waals surface area contributed by atoms with Crippen molar-refractivity contribution in [2.75, 3.05) is 18.5 Å². The van der Waals surface area contributed by atoms with E-state index in [-0.39, 0.29) is 18.4 Å². The predicted molar refractivity (Wildman–Crippen MR) is 87.4 cm³/mol. The van der Waals surface area contributed by atoms with E-state index in [0.717, 1.165) is 5.56 Å². The molecular weight excluding hydrogens is 314 g/mol. The van der Waals surface area contributed by atoms with Crippen molar-refractivity contribution in [2.24, 2.45) is 0 Å². The third-order valence-electron chi connectivity index (χ3n) is 3.57. The van der Waals surface area contributed by atoms with Crippen LogP contribution in [0.15, 0.2) is 41.1 Å². The van der Waals surface area contributed by atoms with E-state index >= 15 is 0 Å². The molecule has 1 aliphatic rings. The fraction of sp³-hybridized carbons (Fsp3) is 0.188. The molecule has 6 nitrogen and oxygen atoms in total. The zero-order valence-electron chi connectivity index (χ0n) is 12.5. The maximum absolute atomic E-state index is 12.4. The average molecular weight is 329 g/mol. The van der Waals surface area contributed by atoms with Gasteiger partial charge in [-0.3, -0.25) is 19.8 Å². The molecule has 1 aromatic carbocycles. The molecule has 1 aliphatic heterocycles. The summed E-state index contributed by atoms with van der Waals surface area (Å²) >= 11 is 1.60. The predicted octanol–water partition coefficient (Wildman–Crippen LogP) is 2.08. The van der Waals surface area contributed by atoms with Crippen LogP contribution in [0, 0.1) is 0 Å². The van der Waals surface area contributed by atoms with Gasteiger partial charge >= 0.3 is 6.03 Å². The van der Waals surface area contributed by atoms with Crippen LogP contribution in [-0.2, 0) is 11.3 Å². The minimum Gasteiger partial charge on any atom is -0.337 e. The van der Waals surface area contributed by atoms with Crippen LogP contribution in [0.1, 0.15) is 15.9 Å². The summed E-state index contributed by atoms with van der Waals surface area (Å²) in [4.78, 5) is 38.2. The summed E-state index contributed by atoms with van der Waals surface area (Å²) in [7, 11) is 1.75. The van der Waals surface area contributed by atoms with Crippen LogP contribution in [0.25, 0.3) is 0 Å². The molecule has 0 unspecified atom stereocenters. The van der Waals surface area contributed by atoms with Crippen molar-refractivity contribution >= 4 is 34.9 Å². The van der Waals surface area contributed by atoms with Crippen molar-refractivity contribution in [2.45, 2.75) is 6.54 Å². The summed E-state index contributed by atoms with van der Waals surface area (Å²) in [6.45, 7) is 0.553. The molecule has 0 atom stereocenters. The van der Waals surface area contributed by atoms with Gasteiger partial charge < -0.3 is 4.90 Å². The smallest absolute Gasteiger partial charge is 0.329 e. The maximum atomic E-state index is 12.4. The first kappa shape index (κ1) is 15.2. The highest BCUT2D eigenvalue weighted by Crippen LogP contribution is 2.19. The Morgan fingerprint density at radius 3 is 2.57 bits per heavy atom. The number of hydrogen-bond donors (Lipinski definition) is 1. The van der Waals surface area contributed by atoms with Gasteiger partial charge in [-0.2, -0.15) is 11.3 Å². The van der Waals surface area contributed by atoms with Gasteiger partial charge in [-0.1, -0.05) is 0 Å².